The first-order chi connectivity index (χ1) is 17.6. The maximum absolute atomic E-state index is 6.56. The zero-order chi connectivity index (χ0) is 26.7. The summed E-state index contributed by atoms with van der Waals surface area (Å²) in [6.45, 7) is 16.0. The quantitative estimate of drug-likeness (QED) is 0.347. The van der Waals surface area contributed by atoms with E-state index in [0.29, 0.717) is 29.3 Å². The molecule has 0 atom stereocenters. The summed E-state index contributed by atoms with van der Waals surface area (Å²) in [6, 6.07) is 12.5. The van der Waals surface area contributed by atoms with E-state index in [1.54, 1.807) is 13.3 Å². The second-order valence-corrected chi connectivity index (χ2v) is 10.8. The van der Waals surface area contributed by atoms with Crippen LogP contribution in [0.15, 0.2) is 42.6 Å². The Morgan fingerprint density at radius 3 is 2.49 bits per heavy atom. The molecule has 1 aliphatic rings. The van der Waals surface area contributed by atoms with Gasteiger partial charge in [0.25, 0.3) is 0 Å². The van der Waals surface area contributed by atoms with Gasteiger partial charge in [0.1, 0.15) is 16.5 Å². The summed E-state index contributed by atoms with van der Waals surface area (Å²) in [6.07, 6.45) is 1.68. The van der Waals surface area contributed by atoms with Gasteiger partial charge in [-0.3, -0.25) is 0 Å². The third-order valence-electron chi connectivity index (χ3n) is 6.83. The highest BCUT2D eigenvalue weighted by atomic mass is 35.5. The number of piperazine rings is 1. The van der Waals surface area contributed by atoms with Crippen molar-refractivity contribution in [3.05, 3.63) is 58.7 Å². The second kappa shape index (κ2) is 11.1. The van der Waals surface area contributed by atoms with E-state index in [-0.39, 0.29) is 5.54 Å². The molecule has 0 radical (unpaired) electrons. The summed E-state index contributed by atoms with van der Waals surface area (Å²) in [5, 5.41) is 3.95. The Morgan fingerprint density at radius 1 is 1.14 bits per heavy atom. The molecule has 1 N–H and O–H groups in total. The van der Waals surface area contributed by atoms with E-state index in [0.717, 1.165) is 47.9 Å². The van der Waals surface area contributed by atoms with E-state index in [2.05, 4.69) is 79.0 Å². The Hall–Kier alpha value is -3.19. The first kappa shape index (κ1) is 26.9. The number of aryl methyl sites for hydroxylation is 1. The van der Waals surface area contributed by atoms with Crippen LogP contribution in [0.3, 0.4) is 0 Å². The summed E-state index contributed by atoms with van der Waals surface area (Å²) in [5.74, 6) is 3.37. The Kier molecular flexibility index (Phi) is 8.02. The van der Waals surface area contributed by atoms with Gasteiger partial charge in [-0.1, -0.05) is 25.4 Å². The van der Waals surface area contributed by atoms with Crippen LogP contribution in [-0.2, 0) is 0 Å². The molecule has 8 heteroatoms. The fourth-order valence-corrected chi connectivity index (χ4v) is 4.99. The molecule has 1 aliphatic heterocycles. The zero-order valence-electron chi connectivity index (χ0n) is 22.9. The molecular weight excluding hydrogens is 486 g/mol. The van der Waals surface area contributed by atoms with E-state index in [1.165, 1.54) is 5.69 Å². The number of methoxy groups -OCH3 is 1. The van der Waals surface area contributed by atoms with Crippen molar-refractivity contribution in [2.45, 2.75) is 53.0 Å². The summed E-state index contributed by atoms with van der Waals surface area (Å²) < 4.78 is 11.2. The molecule has 0 saturated carbocycles. The van der Waals surface area contributed by atoms with Gasteiger partial charge in [0, 0.05) is 31.0 Å². The molecule has 0 spiro atoms. The van der Waals surface area contributed by atoms with Gasteiger partial charge in [-0.2, -0.15) is 4.98 Å². The fourth-order valence-electron chi connectivity index (χ4n) is 4.86. The van der Waals surface area contributed by atoms with Gasteiger partial charge in [0.05, 0.1) is 25.5 Å². The van der Waals surface area contributed by atoms with E-state index in [9.17, 15) is 0 Å². The van der Waals surface area contributed by atoms with Crippen LogP contribution >= 0.6 is 11.6 Å². The van der Waals surface area contributed by atoms with Crippen molar-refractivity contribution in [2.75, 3.05) is 48.5 Å². The van der Waals surface area contributed by atoms with Crippen LogP contribution in [0, 0.1) is 6.92 Å². The lowest BCUT2D eigenvalue weighted by molar-refractivity contribution is 0.335. The third kappa shape index (κ3) is 5.87. The topological polar surface area (TPSA) is 62.8 Å². The molecule has 0 bridgehead atoms. The van der Waals surface area contributed by atoms with Crippen molar-refractivity contribution in [3.8, 4) is 11.5 Å². The van der Waals surface area contributed by atoms with Gasteiger partial charge in [-0.05, 0) is 81.1 Å². The van der Waals surface area contributed by atoms with Gasteiger partial charge < -0.3 is 24.6 Å². The molecule has 2 aromatic carbocycles. The summed E-state index contributed by atoms with van der Waals surface area (Å²) in [7, 11) is 1.69. The summed E-state index contributed by atoms with van der Waals surface area (Å²) in [5.41, 5.74) is 4.23. The third-order valence-corrected chi connectivity index (χ3v) is 7.11. The Balaban J connectivity index is 1.56. The van der Waals surface area contributed by atoms with Crippen LogP contribution in [-0.4, -0.2) is 48.9 Å². The van der Waals surface area contributed by atoms with Crippen LogP contribution in [0.1, 0.15) is 51.7 Å². The first-order valence-corrected chi connectivity index (χ1v) is 13.2. The van der Waals surface area contributed by atoms with Gasteiger partial charge in [0.2, 0.25) is 5.95 Å². The van der Waals surface area contributed by atoms with Gasteiger partial charge in [-0.25, -0.2) is 4.98 Å². The van der Waals surface area contributed by atoms with Crippen LogP contribution in [0.2, 0.25) is 5.02 Å². The lowest BCUT2D eigenvalue weighted by Crippen LogP contribution is -2.60. The molecule has 7 nitrogen and oxygen atoms in total. The van der Waals surface area contributed by atoms with E-state index >= 15 is 0 Å². The lowest BCUT2D eigenvalue weighted by Gasteiger charge is -2.48. The molecule has 198 valence electrons. The van der Waals surface area contributed by atoms with E-state index in [1.807, 2.05) is 19.1 Å². The predicted molar refractivity (Wildman–Crippen MR) is 153 cm³/mol. The van der Waals surface area contributed by atoms with Gasteiger partial charge in [0.15, 0.2) is 5.82 Å². The number of ether oxygens (including phenoxy) is 2. The minimum atomic E-state index is -0.124. The van der Waals surface area contributed by atoms with Crippen molar-refractivity contribution in [1.82, 2.24) is 9.97 Å². The highest BCUT2D eigenvalue weighted by Gasteiger charge is 2.35. The number of benzene rings is 2. The smallest absolute Gasteiger partial charge is 0.227 e. The van der Waals surface area contributed by atoms with Crippen molar-refractivity contribution in [1.29, 1.82) is 0 Å². The van der Waals surface area contributed by atoms with Gasteiger partial charge >= 0.3 is 0 Å². The molecule has 1 fully saturated rings. The second-order valence-electron chi connectivity index (χ2n) is 10.4. The van der Waals surface area contributed by atoms with Crippen LogP contribution in [0.25, 0.3) is 0 Å². The highest BCUT2D eigenvalue weighted by molar-refractivity contribution is 6.32. The number of aromatic nitrogens is 2. The number of rotatable bonds is 8. The Bertz CT molecular complexity index is 1230. The van der Waals surface area contributed by atoms with Crippen LogP contribution in [0.5, 0.6) is 11.5 Å². The Morgan fingerprint density at radius 2 is 1.86 bits per heavy atom. The normalized spacial score (nSPS) is 15.2. The lowest BCUT2D eigenvalue weighted by atomic mass is 9.98. The number of halogens is 1. The molecule has 0 amide bonds. The minimum Gasteiger partial charge on any atom is -0.497 e. The fraction of sp³-hybridized carbons (Fsp3) is 0.448. The highest BCUT2D eigenvalue weighted by Crippen LogP contribution is 2.36. The molecule has 2 heterocycles. The molecule has 3 aromatic rings. The molecule has 37 heavy (non-hydrogen) atoms. The molecule has 0 unspecified atom stereocenters. The summed E-state index contributed by atoms with van der Waals surface area (Å²) >= 11 is 6.56. The van der Waals surface area contributed by atoms with Gasteiger partial charge in [-0.15, -0.1) is 0 Å². The Labute approximate surface area is 225 Å². The number of nitrogens with one attached hydrogen (secondary N) is 1. The average Bonchev–Trinajstić information content (AvgIpc) is 2.86. The maximum atomic E-state index is 6.56. The van der Waals surface area contributed by atoms with E-state index in [4.69, 9.17) is 26.1 Å². The van der Waals surface area contributed by atoms with Crippen molar-refractivity contribution >= 4 is 34.7 Å². The monoisotopic (exact) mass is 523 g/mol. The molecular formula is C29H38ClN5O2. The first-order valence-electron chi connectivity index (χ1n) is 12.9. The maximum Gasteiger partial charge on any atom is 0.227 e. The van der Waals surface area contributed by atoms with Crippen molar-refractivity contribution < 1.29 is 9.47 Å². The van der Waals surface area contributed by atoms with Crippen molar-refractivity contribution in [2.24, 2.45) is 0 Å². The predicted octanol–water partition coefficient (Wildman–Crippen LogP) is 6.82. The minimum absolute atomic E-state index is 0.124. The standard InChI is InChI=1S/C29H38ClN5O2/c1-8-37-26-15-20(4)25(16-23(26)19(2)3)32-27-24(30)17-31-28(33-27)34-13-14-35(29(5,6)18-34)21-9-11-22(36-7)12-10-21/h9-12,15-17,19H,8,13-14,18H2,1-7H3,(H,31,32,33). The van der Waals surface area contributed by atoms with E-state index < -0.39 is 0 Å². The average molecular weight is 524 g/mol. The van der Waals surface area contributed by atoms with Crippen molar-refractivity contribution in [3.63, 3.8) is 0 Å². The molecule has 1 aromatic heterocycles. The zero-order valence-corrected chi connectivity index (χ0v) is 23.7. The number of anilines is 4. The number of hydrogen-bond donors (Lipinski definition) is 1. The summed E-state index contributed by atoms with van der Waals surface area (Å²) in [4.78, 5) is 14.1. The molecule has 0 aliphatic carbocycles. The van der Waals surface area contributed by atoms with Crippen LogP contribution < -0.4 is 24.6 Å². The largest absolute Gasteiger partial charge is 0.497 e. The van der Waals surface area contributed by atoms with Crippen LogP contribution in [0.4, 0.5) is 23.1 Å². The SMILES string of the molecule is CCOc1cc(C)c(Nc2nc(N3CCN(c4ccc(OC)cc4)C(C)(C)C3)ncc2Cl)cc1C(C)C. The number of nitrogens with zero attached hydrogens (tertiary/aromatic N) is 4. The molecule has 1 saturated heterocycles. The number of hydrogen-bond acceptors (Lipinski definition) is 7. The molecule has 4 rings (SSSR count).